The molecule has 0 fully saturated rings. The van der Waals surface area contributed by atoms with Crippen LogP contribution >= 0.6 is 0 Å². The first-order valence-corrected chi connectivity index (χ1v) is 9.56. The maximum absolute atomic E-state index is 12.8. The Hall–Kier alpha value is -4.14. The molecule has 4 rings (SSSR count). The Morgan fingerprint density at radius 3 is 2.68 bits per heavy atom. The van der Waals surface area contributed by atoms with E-state index in [1.807, 2.05) is 19.1 Å². The van der Waals surface area contributed by atoms with Crippen LogP contribution < -0.4 is 20.3 Å². The summed E-state index contributed by atoms with van der Waals surface area (Å²) in [4.78, 5) is 38.1. The number of aromatic nitrogens is 2. The quantitative estimate of drug-likeness (QED) is 0.631. The molecule has 31 heavy (non-hydrogen) atoms. The van der Waals surface area contributed by atoms with Gasteiger partial charge in [0.2, 0.25) is 6.79 Å². The second kappa shape index (κ2) is 8.31. The molecule has 0 radical (unpaired) electrons. The molecule has 1 aliphatic heterocycles. The highest BCUT2D eigenvalue weighted by Gasteiger charge is 2.22. The Labute approximate surface area is 177 Å². The Bertz CT molecular complexity index is 1230. The van der Waals surface area contributed by atoms with Gasteiger partial charge in [-0.25, -0.2) is 4.79 Å². The maximum atomic E-state index is 12.8. The molecule has 2 heterocycles. The first-order valence-electron chi connectivity index (χ1n) is 9.56. The van der Waals surface area contributed by atoms with E-state index in [1.54, 1.807) is 31.2 Å². The molecule has 0 saturated carbocycles. The molecule has 0 unspecified atom stereocenters. The predicted octanol–water partition coefficient (Wildman–Crippen LogP) is 2.70. The lowest BCUT2D eigenvalue weighted by atomic mass is 10.1. The number of rotatable bonds is 5. The minimum atomic E-state index is -0.758. The van der Waals surface area contributed by atoms with Gasteiger partial charge in [-0.05, 0) is 43.7 Å². The van der Waals surface area contributed by atoms with Gasteiger partial charge >= 0.3 is 5.97 Å². The molecule has 0 saturated heterocycles. The SMILES string of the molecule is CCOC(=O)c1nn(-c2ccccc2C)c(=O)cc1NC(=O)c1ccc2c(c1)OCO2. The van der Waals surface area contributed by atoms with Gasteiger partial charge < -0.3 is 19.5 Å². The lowest BCUT2D eigenvalue weighted by Crippen LogP contribution is -2.27. The summed E-state index contributed by atoms with van der Waals surface area (Å²) in [7, 11) is 0. The van der Waals surface area contributed by atoms with Crippen LogP contribution in [-0.4, -0.2) is 35.1 Å². The molecule has 9 heteroatoms. The Morgan fingerprint density at radius 1 is 1.13 bits per heavy atom. The largest absolute Gasteiger partial charge is 0.461 e. The summed E-state index contributed by atoms with van der Waals surface area (Å²) in [5.41, 5.74) is 0.843. The molecule has 1 amide bonds. The number of hydrogen-bond donors (Lipinski definition) is 1. The summed E-state index contributed by atoms with van der Waals surface area (Å²) >= 11 is 0. The summed E-state index contributed by atoms with van der Waals surface area (Å²) in [6.45, 7) is 3.66. The van der Waals surface area contributed by atoms with Crippen molar-refractivity contribution in [2.75, 3.05) is 18.7 Å². The summed E-state index contributed by atoms with van der Waals surface area (Å²) in [5.74, 6) is -0.331. The number of carbonyl (C=O) groups excluding carboxylic acids is 2. The molecular weight excluding hydrogens is 402 g/mol. The number of anilines is 1. The monoisotopic (exact) mass is 421 g/mol. The van der Waals surface area contributed by atoms with Gasteiger partial charge in [0.15, 0.2) is 17.2 Å². The Balaban J connectivity index is 1.73. The van der Waals surface area contributed by atoms with Crippen LogP contribution in [0, 0.1) is 6.92 Å². The Kier molecular flexibility index (Phi) is 5.40. The Morgan fingerprint density at radius 2 is 1.90 bits per heavy atom. The number of carbonyl (C=O) groups is 2. The smallest absolute Gasteiger partial charge is 0.360 e. The number of aryl methyl sites for hydroxylation is 1. The van der Waals surface area contributed by atoms with Crippen LogP contribution in [-0.2, 0) is 4.74 Å². The molecule has 158 valence electrons. The zero-order valence-corrected chi connectivity index (χ0v) is 16.9. The normalized spacial score (nSPS) is 11.8. The topological polar surface area (TPSA) is 109 Å². The molecule has 3 aromatic rings. The van der Waals surface area contributed by atoms with Crippen molar-refractivity contribution in [3.63, 3.8) is 0 Å². The minimum absolute atomic E-state index is 0.0454. The van der Waals surface area contributed by atoms with Gasteiger partial charge in [-0.1, -0.05) is 18.2 Å². The summed E-state index contributed by atoms with van der Waals surface area (Å²) in [6, 6.07) is 12.9. The van der Waals surface area contributed by atoms with Gasteiger partial charge in [0.05, 0.1) is 18.0 Å². The third-order valence-corrected chi connectivity index (χ3v) is 4.63. The van der Waals surface area contributed by atoms with Gasteiger partial charge in [-0.15, -0.1) is 0 Å². The molecule has 0 atom stereocenters. The molecule has 1 aliphatic rings. The van der Waals surface area contributed by atoms with Crippen molar-refractivity contribution < 1.29 is 23.8 Å². The van der Waals surface area contributed by atoms with Gasteiger partial charge in [0.25, 0.3) is 11.5 Å². The molecule has 2 aromatic carbocycles. The minimum Gasteiger partial charge on any atom is -0.461 e. The number of ether oxygens (including phenoxy) is 3. The molecular formula is C22H19N3O6. The zero-order valence-electron chi connectivity index (χ0n) is 16.9. The molecule has 0 aliphatic carbocycles. The molecule has 1 aromatic heterocycles. The van der Waals surface area contributed by atoms with Crippen LogP contribution in [0.4, 0.5) is 5.69 Å². The second-order valence-electron chi connectivity index (χ2n) is 6.69. The van der Waals surface area contributed by atoms with E-state index < -0.39 is 17.4 Å². The van der Waals surface area contributed by atoms with Gasteiger partial charge in [-0.3, -0.25) is 9.59 Å². The van der Waals surface area contributed by atoms with Crippen molar-refractivity contribution in [3.05, 3.63) is 75.7 Å². The fraction of sp³-hybridized carbons (Fsp3) is 0.182. The van der Waals surface area contributed by atoms with Crippen LogP contribution in [0.1, 0.15) is 33.3 Å². The predicted molar refractivity (Wildman–Crippen MR) is 111 cm³/mol. The van der Waals surface area contributed by atoms with Crippen molar-refractivity contribution in [1.82, 2.24) is 9.78 Å². The zero-order chi connectivity index (χ0) is 22.0. The highest BCUT2D eigenvalue weighted by molar-refractivity contribution is 6.07. The van der Waals surface area contributed by atoms with Crippen molar-refractivity contribution >= 4 is 17.6 Å². The van der Waals surface area contributed by atoms with Crippen LogP contribution in [0.5, 0.6) is 11.5 Å². The fourth-order valence-corrected chi connectivity index (χ4v) is 3.11. The van der Waals surface area contributed by atoms with Gasteiger partial charge in [-0.2, -0.15) is 9.78 Å². The van der Waals surface area contributed by atoms with Gasteiger partial charge in [0, 0.05) is 11.6 Å². The summed E-state index contributed by atoms with van der Waals surface area (Å²) in [5, 5.41) is 6.78. The average molecular weight is 421 g/mol. The number of nitrogens with one attached hydrogen (secondary N) is 1. The van der Waals surface area contributed by atoms with Crippen LogP contribution in [0.15, 0.2) is 53.3 Å². The van der Waals surface area contributed by atoms with Crippen LogP contribution in [0.2, 0.25) is 0 Å². The molecule has 1 N–H and O–H groups in total. The van der Waals surface area contributed by atoms with Crippen molar-refractivity contribution in [2.24, 2.45) is 0 Å². The summed E-state index contributed by atoms with van der Waals surface area (Å²) < 4.78 is 16.7. The van der Waals surface area contributed by atoms with E-state index >= 15 is 0 Å². The number of para-hydroxylation sites is 1. The number of benzene rings is 2. The van der Waals surface area contributed by atoms with E-state index in [-0.39, 0.29) is 30.3 Å². The van der Waals surface area contributed by atoms with E-state index in [9.17, 15) is 14.4 Å². The highest BCUT2D eigenvalue weighted by Crippen LogP contribution is 2.32. The fourth-order valence-electron chi connectivity index (χ4n) is 3.11. The number of fused-ring (bicyclic) bond motifs is 1. The number of esters is 1. The third kappa shape index (κ3) is 3.97. The van der Waals surface area contributed by atoms with Crippen LogP contribution in [0.25, 0.3) is 5.69 Å². The number of nitrogens with zero attached hydrogens (tertiary/aromatic N) is 2. The van der Waals surface area contributed by atoms with Crippen molar-refractivity contribution in [3.8, 4) is 17.2 Å². The lowest BCUT2D eigenvalue weighted by molar-refractivity contribution is 0.0518. The number of amides is 1. The van der Waals surface area contributed by atoms with E-state index in [1.165, 1.54) is 6.07 Å². The van der Waals surface area contributed by atoms with E-state index in [0.717, 1.165) is 16.3 Å². The first kappa shape index (κ1) is 20.1. The number of hydrogen-bond acceptors (Lipinski definition) is 7. The van der Waals surface area contributed by atoms with Crippen molar-refractivity contribution in [2.45, 2.75) is 13.8 Å². The lowest BCUT2D eigenvalue weighted by Gasteiger charge is -2.13. The van der Waals surface area contributed by atoms with E-state index in [4.69, 9.17) is 14.2 Å². The standard InChI is InChI=1S/C22H19N3O6/c1-3-29-22(28)20-15(11-19(26)25(24-20)16-7-5-4-6-13(16)2)23-21(27)14-8-9-17-18(10-14)31-12-30-17/h4-11H,3,12H2,1-2H3,(H,23,27). The highest BCUT2D eigenvalue weighted by atomic mass is 16.7. The third-order valence-electron chi connectivity index (χ3n) is 4.63. The first-order chi connectivity index (χ1) is 15.0. The molecule has 0 spiro atoms. The molecule has 0 bridgehead atoms. The molecule has 9 nitrogen and oxygen atoms in total. The van der Waals surface area contributed by atoms with Crippen molar-refractivity contribution in [1.29, 1.82) is 0 Å². The average Bonchev–Trinajstić information content (AvgIpc) is 3.22. The van der Waals surface area contributed by atoms with E-state index in [0.29, 0.717) is 17.2 Å². The van der Waals surface area contributed by atoms with E-state index in [2.05, 4.69) is 10.4 Å². The van der Waals surface area contributed by atoms with Gasteiger partial charge in [0.1, 0.15) is 0 Å². The second-order valence-corrected chi connectivity index (χ2v) is 6.69. The maximum Gasteiger partial charge on any atom is 0.360 e. The summed E-state index contributed by atoms with van der Waals surface area (Å²) in [6.07, 6.45) is 0. The van der Waals surface area contributed by atoms with Crippen LogP contribution in [0.3, 0.4) is 0 Å².